The number of benzene rings is 1. The highest BCUT2D eigenvalue weighted by Crippen LogP contribution is 2.40. The summed E-state index contributed by atoms with van der Waals surface area (Å²) < 4.78 is 1.82. The standard InChI is InChI=1S/C23H29N5O2/c1-3-27-22(30)28(20-12-18-6-4-5-7-19(18)13-20)21(29)23(27)8-10-26(11-9-23)16-17-14-24-25(2)15-17/h4-7,14-15,20H,3,8-13,16H2,1-2H3. The Balaban J connectivity index is 1.33. The molecule has 1 spiro atoms. The van der Waals surface area contributed by atoms with Crippen LogP contribution in [0, 0.1) is 0 Å². The molecule has 158 valence electrons. The number of carbonyl (C=O) groups is 2. The number of amides is 3. The van der Waals surface area contributed by atoms with Gasteiger partial charge in [-0.15, -0.1) is 0 Å². The molecule has 0 radical (unpaired) electrons. The van der Waals surface area contributed by atoms with Crippen molar-refractivity contribution >= 4 is 11.9 Å². The van der Waals surface area contributed by atoms with E-state index in [1.807, 2.05) is 48.1 Å². The third kappa shape index (κ3) is 2.95. The Morgan fingerprint density at radius 2 is 1.77 bits per heavy atom. The summed E-state index contributed by atoms with van der Waals surface area (Å²) in [6.07, 6.45) is 6.87. The normalized spacial score (nSPS) is 21.8. The first kappa shape index (κ1) is 19.3. The highest BCUT2D eigenvalue weighted by molar-refractivity contribution is 6.07. The van der Waals surface area contributed by atoms with Crippen molar-refractivity contribution in [1.29, 1.82) is 0 Å². The third-order valence-electron chi connectivity index (χ3n) is 7.13. The van der Waals surface area contributed by atoms with Gasteiger partial charge in [0.1, 0.15) is 5.54 Å². The number of urea groups is 1. The summed E-state index contributed by atoms with van der Waals surface area (Å²) in [4.78, 5) is 32.8. The van der Waals surface area contributed by atoms with E-state index < -0.39 is 5.54 Å². The Morgan fingerprint density at radius 1 is 1.10 bits per heavy atom. The van der Waals surface area contributed by atoms with E-state index in [0.717, 1.165) is 32.5 Å². The Labute approximate surface area is 177 Å². The van der Waals surface area contributed by atoms with Gasteiger partial charge in [0.15, 0.2) is 0 Å². The van der Waals surface area contributed by atoms with E-state index >= 15 is 0 Å². The zero-order valence-electron chi connectivity index (χ0n) is 17.8. The van der Waals surface area contributed by atoms with Gasteiger partial charge in [-0.05, 0) is 43.7 Å². The fraction of sp³-hybridized carbons (Fsp3) is 0.522. The minimum atomic E-state index is -0.675. The molecule has 3 aliphatic rings. The van der Waals surface area contributed by atoms with Gasteiger partial charge in [-0.25, -0.2) is 4.79 Å². The first-order valence-corrected chi connectivity index (χ1v) is 10.9. The summed E-state index contributed by atoms with van der Waals surface area (Å²) in [5.74, 6) is 0.0215. The van der Waals surface area contributed by atoms with Gasteiger partial charge < -0.3 is 4.90 Å². The molecule has 1 aliphatic carbocycles. The quantitative estimate of drug-likeness (QED) is 0.729. The van der Waals surface area contributed by atoms with Gasteiger partial charge in [0, 0.05) is 51.0 Å². The smallest absolute Gasteiger partial charge is 0.310 e. The van der Waals surface area contributed by atoms with Crippen LogP contribution in [0.15, 0.2) is 36.7 Å². The molecular formula is C23H29N5O2. The summed E-state index contributed by atoms with van der Waals surface area (Å²) in [5, 5.41) is 4.25. The molecule has 2 aromatic rings. The molecule has 3 heterocycles. The molecule has 7 heteroatoms. The molecule has 1 aromatic carbocycles. The summed E-state index contributed by atoms with van der Waals surface area (Å²) in [7, 11) is 1.92. The summed E-state index contributed by atoms with van der Waals surface area (Å²) in [5.41, 5.74) is 3.03. The Morgan fingerprint density at radius 3 is 2.33 bits per heavy atom. The Kier molecular flexibility index (Phi) is 4.65. The molecule has 30 heavy (non-hydrogen) atoms. The van der Waals surface area contributed by atoms with E-state index in [9.17, 15) is 9.59 Å². The van der Waals surface area contributed by atoms with Gasteiger partial charge in [0.2, 0.25) is 0 Å². The molecule has 7 nitrogen and oxygen atoms in total. The minimum absolute atomic E-state index is 0.0215. The monoisotopic (exact) mass is 407 g/mol. The van der Waals surface area contributed by atoms with Gasteiger partial charge >= 0.3 is 6.03 Å². The molecule has 3 amide bonds. The molecule has 5 rings (SSSR count). The van der Waals surface area contributed by atoms with Crippen molar-refractivity contribution in [3.8, 4) is 0 Å². The lowest BCUT2D eigenvalue weighted by molar-refractivity contribution is -0.137. The van der Waals surface area contributed by atoms with Crippen LogP contribution < -0.4 is 0 Å². The van der Waals surface area contributed by atoms with E-state index in [2.05, 4.69) is 22.1 Å². The predicted octanol–water partition coefficient (Wildman–Crippen LogP) is 2.21. The van der Waals surface area contributed by atoms with Crippen molar-refractivity contribution in [3.05, 3.63) is 53.3 Å². The van der Waals surface area contributed by atoms with E-state index in [4.69, 9.17) is 0 Å². The SMILES string of the molecule is CCN1C(=O)N(C2Cc3ccccc3C2)C(=O)C12CCN(Cc1cnn(C)c1)CC2. The van der Waals surface area contributed by atoms with Crippen LogP contribution in [0.5, 0.6) is 0 Å². The third-order valence-corrected chi connectivity index (χ3v) is 7.13. The summed E-state index contributed by atoms with van der Waals surface area (Å²) in [6, 6.07) is 8.15. The van der Waals surface area contributed by atoms with Crippen LogP contribution in [-0.2, 0) is 31.2 Å². The average molecular weight is 408 g/mol. The van der Waals surface area contributed by atoms with Crippen molar-refractivity contribution < 1.29 is 9.59 Å². The molecule has 0 N–H and O–H groups in total. The number of hydrogen-bond acceptors (Lipinski definition) is 4. The molecule has 2 aliphatic heterocycles. The Bertz CT molecular complexity index is 950. The second-order valence-corrected chi connectivity index (χ2v) is 8.86. The zero-order chi connectivity index (χ0) is 20.9. The topological polar surface area (TPSA) is 61.7 Å². The van der Waals surface area contributed by atoms with Crippen molar-refractivity contribution in [2.24, 2.45) is 7.05 Å². The Hall–Kier alpha value is -2.67. The first-order valence-electron chi connectivity index (χ1n) is 10.9. The minimum Gasteiger partial charge on any atom is -0.310 e. The zero-order valence-corrected chi connectivity index (χ0v) is 17.8. The van der Waals surface area contributed by atoms with Gasteiger partial charge in [-0.2, -0.15) is 5.10 Å². The number of likely N-dealkylation sites (tertiary alicyclic amines) is 1. The molecular weight excluding hydrogens is 378 g/mol. The van der Waals surface area contributed by atoms with Crippen LogP contribution >= 0.6 is 0 Å². The van der Waals surface area contributed by atoms with Gasteiger partial charge in [0.05, 0.1) is 6.20 Å². The van der Waals surface area contributed by atoms with Crippen LogP contribution in [0.1, 0.15) is 36.5 Å². The maximum absolute atomic E-state index is 13.7. The van der Waals surface area contributed by atoms with Crippen molar-refractivity contribution in [2.45, 2.75) is 50.7 Å². The number of fused-ring (bicyclic) bond motifs is 1. The van der Waals surface area contributed by atoms with E-state index in [1.165, 1.54) is 16.7 Å². The lowest BCUT2D eigenvalue weighted by atomic mass is 9.85. The predicted molar refractivity (Wildman–Crippen MR) is 113 cm³/mol. The second-order valence-electron chi connectivity index (χ2n) is 8.86. The van der Waals surface area contributed by atoms with Crippen molar-refractivity contribution in [1.82, 2.24) is 24.5 Å². The summed E-state index contributed by atoms with van der Waals surface area (Å²) >= 11 is 0. The number of piperidine rings is 1. The van der Waals surface area contributed by atoms with Crippen LogP contribution in [0.2, 0.25) is 0 Å². The summed E-state index contributed by atoms with van der Waals surface area (Å²) in [6.45, 7) is 5.01. The average Bonchev–Trinajstić information content (AvgIpc) is 3.39. The number of carbonyl (C=O) groups excluding carboxylic acids is 2. The van der Waals surface area contributed by atoms with Crippen molar-refractivity contribution in [2.75, 3.05) is 19.6 Å². The fourth-order valence-electron chi connectivity index (χ4n) is 5.59. The molecule has 2 saturated heterocycles. The van der Waals surface area contributed by atoms with E-state index in [1.54, 1.807) is 4.90 Å². The number of likely N-dealkylation sites (N-methyl/N-ethyl adjacent to an activating group) is 1. The van der Waals surface area contributed by atoms with Crippen LogP contribution in [0.25, 0.3) is 0 Å². The molecule has 0 saturated carbocycles. The maximum atomic E-state index is 13.7. The fourth-order valence-corrected chi connectivity index (χ4v) is 5.59. The molecule has 0 unspecified atom stereocenters. The van der Waals surface area contributed by atoms with Crippen LogP contribution in [0.3, 0.4) is 0 Å². The van der Waals surface area contributed by atoms with Crippen LogP contribution in [0.4, 0.5) is 4.79 Å². The van der Waals surface area contributed by atoms with Gasteiger partial charge in [0.25, 0.3) is 5.91 Å². The number of imide groups is 1. The number of rotatable bonds is 4. The number of hydrogen-bond donors (Lipinski definition) is 0. The van der Waals surface area contributed by atoms with E-state index in [-0.39, 0.29) is 18.0 Å². The first-order chi connectivity index (χ1) is 14.5. The largest absolute Gasteiger partial charge is 0.327 e. The lowest BCUT2D eigenvalue weighted by Gasteiger charge is -2.41. The maximum Gasteiger partial charge on any atom is 0.327 e. The molecule has 1 aromatic heterocycles. The second kappa shape index (κ2) is 7.23. The lowest BCUT2D eigenvalue weighted by Crippen LogP contribution is -2.56. The molecule has 0 atom stereocenters. The highest BCUT2D eigenvalue weighted by atomic mass is 16.2. The molecule has 2 fully saturated rings. The van der Waals surface area contributed by atoms with Gasteiger partial charge in [-0.3, -0.25) is 19.3 Å². The number of nitrogens with zero attached hydrogens (tertiary/aromatic N) is 5. The van der Waals surface area contributed by atoms with E-state index in [0.29, 0.717) is 19.4 Å². The van der Waals surface area contributed by atoms with Crippen LogP contribution in [-0.4, -0.2) is 67.6 Å². The number of aromatic nitrogens is 2. The van der Waals surface area contributed by atoms with Crippen molar-refractivity contribution in [3.63, 3.8) is 0 Å². The highest BCUT2D eigenvalue weighted by Gasteiger charge is 2.59. The van der Waals surface area contributed by atoms with Gasteiger partial charge in [-0.1, -0.05) is 24.3 Å². The number of aryl methyl sites for hydroxylation is 1. The molecule has 0 bridgehead atoms.